The summed E-state index contributed by atoms with van der Waals surface area (Å²) in [4.78, 5) is 26.9. The highest BCUT2D eigenvalue weighted by Crippen LogP contribution is 2.38. The van der Waals surface area contributed by atoms with Gasteiger partial charge in [-0.25, -0.2) is 4.79 Å². The minimum absolute atomic E-state index is 0.0232. The highest BCUT2D eigenvalue weighted by Gasteiger charge is 2.37. The first-order chi connectivity index (χ1) is 12.9. The first-order valence-electron chi connectivity index (χ1n) is 9.68. The standard InChI is InChI=1S/C21H29N3O3/c1-4-12-24-17-13-16(23-20(26)22-15-8-6-5-7-9-15)10-11-18(17)27-14-21(2,3)19(24)25/h4,10-11,13,15H,1,5-9,12,14H2,2-3H3,(H2,22,23,26). The summed E-state index contributed by atoms with van der Waals surface area (Å²) >= 11 is 0. The number of nitrogens with one attached hydrogen (secondary N) is 2. The number of carbonyl (C=O) groups excluding carboxylic acids is 2. The molecule has 0 unspecified atom stereocenters. The van der Waals surface area contributed by atoms with E-state index in [2.05, 4.69) is 17.2 Å². The Morgan fingerprint density at radius 3 is 2.78 bits per heavy atom. The molecule has 1 saturated carbocycles. The molecule has 6 heteroatoms. The Balaban J connectivity index is 1.78. The third kappa shape index (κ3) is 4.43. The van der Waals surface area contributed by atoms with Gasteiger partial charge in [0.05, 0.1) is 11.1 Å². The zero-order valence-electron chi connectivity index (χ0n) is 16.2. The minimum Gasteiger partial charge on any atom is -0.490 e. The molecule has 1 aromatic rings. The number of ether oxygens (including phenoxy) is 1. The lowest BCUT2D eigenvalue weighted by molar-refractivity contribution is -0.127. The fraction of sp³-hybridized carbons (Fsp3) is 0.524. The summed E-state index contributed by atoms with van der Waals surface area (Å²) in [6.45, 7) is 8.19. The Hall–Kier alpha value is -2.50. The van der Waals surface area contributed by atoms with E-state index in [0.29, 0.717) is 30.3 Å². The van der Waals surface area contributed by atoms with E-state index in [9.17, 15) is 9.59 Å². The second-order valence-corrected chi connectivity index (χ2v) is 7.99. The molecule has 1 aromatic carbocycles. The number of urea groups is 1. The van der Waals surface area contributed by atoms with Crippen LogP contribution in [-0.4, -0.2) is 31.1 Å². The summed E-state index contributed by atoms with van der Waals surface area (Å²) < 4.78 is 5.87. The lowest BCUT2D eigenvalue weighted by Gasteiger charge is -2.27. The highest BCUT2D eigenvalue weighted by molar-refractivity contribution is 6.00. The highest BCUT2D eigenvalue weighted by atomic mass is 16.5. The Labute approximate surface area is 161 Å². The fourth-order valence-corrected chi connectivity index (χ4v) is 3.63. The predicted octanol–water partition coefficient (Wildman–Crippen LogP) is 4.08. The summed E-state index contributed by atoms with van der Waals surface area (Å²) in [7, 11) is 0. The van der Waals surface area contributed by atoms with Gasteiger partial charge in [-0.1, -0.05) is 25.3 Å². The molecule has 1 fully saturated rings. The van der Waals surface area contributed by atoms with Gasteiger partial charge in [0.25, 0.3) is 0 Å². The van der Waals surface area contributed by atoms with Crippen molar-refractivity contribution in [2.45, 2.75) is 52.0 Å². The lowest BCUT2D eigenvalue weighted by Crippen LogP contribution is -2.42. The van der Waals surface area contributed by atoms with Gasteiger partial charge in [0.15, 0.2) is 0 Å². The topological polar surface area (TPSA) is 70.7 Å². The van der Waals surface area contributed by atoms with Crippen LogP contribution in [0.5, 0.6) is 5.75 Å². The third-order valence-electron chi connectivity index (χ3n) is 5.17. The molecule has 3 amide bonds. The summed E-state index contributed by atoms with van der Waals surface area (Å²) in [5.74, 6) is 0.610. The minimum atomic E-state index is -0.631. The number of amides is 3. The molecular weight excluding hydrogens is 342 g/mol. The van der Waals surface area contributed by atoms with Crippen LogP contribution in [0.1, 0.15) is 46.0 Å². The van der Waals surface area contributed by atoms with Crippen LogP contribution >= 0.6 is 0 Å². The molecule has 0 aromatic heterocycles. The largest absolute Gasteiger partial charge is 0.490 e. The van der Waals surface area contributed by atoms with E-state index in [0.717, 1.165) is 25.7 Å². The number of hydrogen-bond donors (Lipinski definition) is 2. The maximum Gasteiger partial charge on any atom is 0.319 e. The molecule has 0 spiro atoms. The smallest absolute Gasteiger partial charge is 0.319 e. The van der Waals surface area contributed by atoms with Gasteiger partial charge < -0.3 is 20.3 Å². The molecule has 3 rings (SSSR count). The van der Waals surface area contributed by atoms with Gasteiger partial charge in [-0.05, 0) is 44.9 Å². The SMILES string of the molecule is C=CCN1C(=O)C(C)(C)COc2ccc(NC(=O)NC3CCCCC3)cc21. The van der Waals surface area contributed by atoms with Crippen LogP contribution in [0.2, 0.25) is 0 Å². The second-order valence-electron chi connectivity index (χ2n) is 7.99. The number of fused-ring (bicyclic) bond motifs is 1. The molecular formula is C21H29N3O3. The van der Waals surface area contributed by atoms with Gasteiger partial charge >= 0.3 is 6.03 Å². The van der Waals surface area contributed by atoms with Gasteiger partial charge in [-0.2, -0.15) is 0 Å². The van der Waals surface area contributed by atoms with Crippen LogP contribution in [-0.2, 0) is 4.79 Å². The molecule has 0 saturated heterocycles. The Morgan fingerprint density at radius 2 is 2.07 bits per heavy atom. The van der Waals surface area contributed by atoms with Crippen LogP contribution in [0.15, 0.2) is 30.9 Å². The van der Waals surface area contributed by atoms with Crippen molar-refractivity contribution in [1.82, 2.24) is 5.32 Å². The van der Waals surface area contributed by atoms with Crippen molar-refractivity contribution < 1.29 is 14.3 Å². The van der Waals surface area contributed by atoms with Crippen LogP contribution in [0.4, 0.5) is 16.2 Å². The molecule has 146 valence electrons. The van der Waals surface area contributed by atoms with E-state index in [1.165, 1.54) is 6.42 Å². The van der Waals surface area contributed by atoms with Gasteiger partial charge in [-0.3, -0.25) is 4.79 Å². The van der Waals surface area contributed by atoms with E-state index in [4.69, 9.17) is 4.74 Å². The second kappa shape index (κ2) is 8.03. The molecule has 0 atom stereocenters. The number of anilines is 2. The predicted molar refractivity (Wildman–Crippen MR) is 107 cm³/mol. The van der Waals surface area contributed by atoms with Gasteiger partial charge in [-0.15, -0.1) is 6.58 Å². The first kappa shape index (κ1) is 19.3. The zero-order valence-corrected chi connectivity index (χ0v) is 16.2. The van der Waals surface area contributed by atoms with E-state index in [-0.39, 0.29) is 18.0 Å². The van der Waals surface area contributed by atoms with Crippen molar-refractivity contribution in [2.24, 2.45) is 5.41 Å². The maximum absolute atomic E-state index is 12.9. The van der Waals surface area contributed by atoms with Crippen molar-refractivity contribution in [3.63, 3.8) is 0 Å². The van der Waals surface area contributed by atoms with E-state index >= 15 is 0 Å². The van der Waals surface area contributed by atoms with Crippen LogP contribution in [0.3, 0.4) is 0 Å². The lowest BCUT2D eigenvalue weighted by atomic mass is 9.93. The molecule has 0 bridgehead atoms. The Kier molecular flexibility index (Phi) is 5.73. The summed E-state index contributed by atoms with van der Waals surface area (Å²) in [5.41, 5.74) is 0.654. The Bertz CT molecular complexity index is 723. The molecule has 27 heavy (non-hydrogen) atoms. The molecule has 1 aliphatic heterocycles. The Morgan fingerprint density at radius 1 is 1.33 bits per heavy atom. The third-order valence-corrected chi connectivity index (χ3v) is 5.17. The number of benzene rings is 1. The van der Waals surface area contributed by atoms with Crippen molar-refractivity contribution >= 4 is 23.3 Å². The number of nitrogens with zero attached hydrogens (tertiary/aromatic N) is 1. The summed E-state index contributed by atoms with van der Waals surface area (Å²) in [5, 5.41) is 5.93. The van der Waals surface area contributed by atoms with Crippen LogP contribution in [0.25, 0.3) is 0 Å². The van der Waals surface area contributed by atoms with Crippen molar-refractivity contribution in [3.05, 3.63) is 30.9 Å². The van der Waals surface area contributed by atoms with Gasteiger partial charge in [0.2, 0.25) is 5.91 Å². The maximum atomic E-state index is 12.9. The van der Waals surface area contributed by atoms with Crippen molar-refractivity contribution in [3.8, 4) is 5.75 Å². The van der Waals surface area contributed by atoms with E-state index < -0.39 is 5.41 Å². The normalized spacial score (nSPS) is 19.5. The summed E-state index contributed by atoms with van der Waals surface area (Å²) in [6.07, 6.45) is 7.32. The molecule has 0 radical (unpaired) electrons. The fourth-order valence-electron chi connectivity index (χ4n) is 3.63. The van der Waals surface area contributed by atoms with Gasteiger partial charge in [0, 0.05) is 18.3 Å². The van der Waals surface area contributed by atoms with Crippen molar-refractivity contribution in [1.29, 1.82) is 0 Å². The van der Waals surface area contributed by atoms with Crippen molar-refractivity contribution in [2.75, 3.05) is 23.4 Å². The molecule has 1 aliphatic carbocycles. The molecule has 2 aliphatic rings. The van der Waals surface area contributed by atoms with E-state index in [1.807, 2.05) is 13.8 Å². The monoisotopic (exact) mass is 371 g/mol. The quantitative estimate of drug-likeness (QED) is 0.784. The number of hydrogen-bond acceptors (Lipinski definition) is 3. The number of carbonyl (C=O) groups is 2. The molecule has 2 N–H and O–H groups in total. The average molecular weight is 371 g/mol. The average Bonchev–Trinajstić information content (AvgIpc) is 2.73. The zero-order chi connectivity index (χ0) is 19.4. The number of rotatable bonds is 4. The molecule has 1 heterocycles. The van der Waals surface area contributed by atoms with Crippen LogP contribution < -0.4 is 20.3 Å². The van der Waals surface area contributed by atoms with E-state index in [1.54, 1.807) is 29.2 Å². The van der Waals surface area contributed by atoms with Gasteiger partial charge in [0.1, 0.15) is 12.4 Å². The molecule has 6 nitrogen and oxygen atoms in total. The van der Waals surface area contributed by atoms with Crippen LogP contribution in [0, 0.1) is 5.41 Å². The first-order valence-corrected chi connectivity index (χ1v) is 9.68. The summed E-state index contributed by atoms with van der Waals surface area (Å²) in [6, 6.07) is 5.42.